The van der Waals surface area contributed by atoms with E-state index < -0.39 is 0 Å². The molecule has 0 spiro atoms. The smallest absolute Gasteiger partial charge is 0.212 e. The molecule has 2 N–H and O–H groups in total. The average Bonchev–Trinajstić information content (AvgIpc) is 3.15. The maximum atomic E-state index is 4.21. The molecule has 25 heavy (non-hydrogen) atoms. The zero-order valence-electron chi connectivity index (χ0n) is 14.1. The van der Waals surface area contributed by atoms with Gasteiger partial charge in [0.25, 0.3) is 0 Å². The molecule has 1 aliphatic rings. The summed E-state index contributed by atoms with van der Waals surface area (Å²) in [6.45, 7) is 3.82. The number of nitrogens with zero attached hydrogens (tertiary/aromatic N) is 2. The van der Waals surface area contributed by atoms with Crippen LogP contribution in [0.5, 0.6) is 0 Å². The number of aliphatic imine (C=N–C) groups is 1. The number of guanidine groups is 1. The molecule has 0 atom stereocenters. The largest absolute Gasteiger partial charge is 0.353 e. The minimum atomic E-state index is 0. The van der Waals surface area contributed by atoms with Crippen molar-refractivity contribution >= 4 is 24.6 Å². The Balaban J connectivity index is 0.00000225. The molecule has 0 bridgehead atoms. The number of hydrogen-bond donors (Lipinski definition) is 2. The Morgan fingerprint density at radius 3 is 2.68 bits per heavy atom. The average molecular weight is 353 g/mol. The molecular weight excluding hydrogens is 332 g/mol. The van der Waals surface area contributed by atoms with Gasteiger partial charge in [0.05, 0.1) is 12.8 Å². The molecule has 4 nitrogen and oxygen atoms in total. The van der Waals surface area contributed by atoms with E-state index in [1.807, 2.05) is 30.3 Å². The van der Waals surface area contributed by atoms with Gasteiger partial charge in [0.15, 0.2) is 0 Å². The van der Waals surface area contributed by atoms with Crippen LogP contribution in [0.2, 0.25) is 0 Å². The highest BCUT2D eigenvalue weighted by Crippen LogP contribution is 2.06. The third-order valence-corrected chi connectivity index (χ3v) is 3.66. The number of aryl methyl sites for hydroxylation is 1. The lowest BCUT2D eigenvalue weighted by atomic mass is 10.1. The van der Waals surface area contributed by atoms with Gasteiger partial charge in [-0.25, -0.2) is 10.4 Å². The predicted molar refractivity (Wildman–Crippen MR) is 107 cm³/mol. The van der Waals surface area contributed by atoms with Crippen LogP contribution in [0.25, 0.3) is 0 Å². The number of rotatable bonds is 3. The first-order valence-electron chi connectivity index (χ1n) is 8.12. The number of halogens is 1. The minimum Gasteiger partial charge on any atom is -0.353 e. The number of benzene rings is 2. The second kappa shape index (κ2) is 9.51. The van der Waals surface area contributed by atoms with E-state index in [1.54, 1.807) is 6.21 Å². The van der Waals surface area contributed by atoms with Crippen LogP contribution in [0.1, 0.15) is 29.2 Å². The van der Waals surface area contributed by atoms with Crippen molar-refractivity contribution in [3.05, 3.63) is 70.8 Å². The van der Waals surface area contributed by atoms with Crippen molar-refractivity contribution in [1.29, 1.82) is 0 Å². The molecule has 5 heteroatoms. The quantitative estimate of drug-likeness (QED) is 0.507. The second-order valence-corrected chi connectivity index (χ2v) is 5.45. The fraction of sp³-hybridized carbons (Fsp3) is 0.200. The Morgan fingerprint density at radius 2 is 1.96 bits per heavy atom. The van der Waals surface area contributed by atoms with Gasteiger partial charge in [0, 0.05) is 17.7 Å². The van der Waals surface area contributed by atoms with E-state index in [-0.39, 0.29) is 12.4 Å². The zero-order chi connectivity index (χ0) is 16.6. The normalized spacial score (nSPS) is 12.6. The summed E-state index contributed by atoms with van der Waals surface area (Å²) < 4.78 is 0. The fourth-order valence-electron chi connectivity index (χ4n) is 2.31. The van der Waals surface area contributed by atoms with Gasteiger partial charge in [-0.05, 0) is 41.8 Å². The molecule has 0 amide bonds. The van der Waals surface area contributed by atoms with Crippen LogP contribution >= 0.6 is 12.4 Å². The van der Waals surface area contributed by atoms with Crippen molar-refractivity contribution in [3.63, 3.8) is 0 Å². The highest BCUT2D eigenvalue weighted by Gasteiger charge is 2.01. The van der Waals surface area contributed by atoms with E-state index in [1.165, 1.54) is 5.56 Å². The lowest BCUT2D eigenvalue weighted by molar-refractivity contribution is 0.920. The summed E-state index contributed by atoms with van der Waals surface area (Å²) in [4.78, 5) is 4.21. The lowest BCUT2D eigenvalue weighted by Crippen LogP contribution is -2.30. The molecule has 2 aromatic carbocycles. The molecule has 0 fully saturated rings. The van der Waals surface area contributed by atoms with Crippen molar-refractivity contribution in [2.75, 3.05) is 13.1 Å². The van der Waals surface area contributed by atoms with Gasteiger partial charge < -0.3 is 5.32 Å². The van der Waals surface area contributed by atoms with Gasteiger partial charge in [0.1, 0.15) is 0 Å². The van der Waals surface area contributed by atoms with E-state index in [0.717, 1.165) is 42.2 Å². The first kappa shape index (κ1) is 18.6. The Kier molecular flexibility index (Phi) is 7.06. The third kappa shape index (κ3) is 5.66. The van der Waals surface area contributed by atoms with Gasteiger partial charge in [-0.15, -0.1) is 12.4 Å². The first-order valence-corrected chi connectivity index (χ1v) is 8.12. The summed E-state index contributed by atoms with van der Waals surface area (Å²) in [5.74, 6) is 7.14. The molecule has 0 aromatic heterocycles. The van der Waals surface area contributed by atoms with Crippen molar-refractivity contribution in [2.45, 2.75) is 13.3 Å². The highest BCUT2D eigenvalue weighted by atomic mass is 35.5. The van der Waals surface area contributed by atoms with Gasteiger partial charge in [-0.3, -0.25) is 0 Å². The highest BCUT2D eigenvalue weighted by molar-refractivity contribution is 5.85. The van der Waals surface area contributed by atoms with Crippen molar-refractivity contribution < 1.29 is 0 Å². The molecule has 0 aliphatic carbocycles. The Hall–Kier alpha value is -2.77. The van der Waals surface area contributed by atoms with E-state index in [0.29, 0.717) is 0 Å². The second-order valence-electron chi connectivity index (χ2n) is 5.45. The zero-order valence-corrected chi connectivity index (χ0v) is 14.9. The van der Waals surface area contributed by atoms with Crippen LogP contribution in [0.15, 0.2) is 58.6 Å². The first-order chi connectivity index (χ1) is 11.8. The number of nitrogens with one attached hydrogen (secondary N) is 2. The molecule has 0 saturated carbocycles. The topological polar surface area (TPSA) is 48.8 Å². The van der Waals surface area contributed by atoms with Crippen LogP contribution in [0.3, 0.4) is 0 Å². The third-order valence-electron chi connectivity index (χ3n) is 3.66. The molecule has 2 aromatic rings. The maximum absolute atomic E-state index is 4.21. The molecular formula is C20H21ClN4. The van der Waals surface area contributed by atoms with Crippen LogP contribution in [-0.4, -0.2) is 25.3 Å². The number of hydrazone groups is 1. The minimum absolute atomic E-state index is 0. The van der Waals surface area contributed by atoms with Gasteiger partial charge in [-0.2, -0.15) is 5.10 Å². The van der Waals surface area contributed by atoms with Crippen LogP contribution in [0, 0.1) is 11.8 Å². The monoisotopic (exact) mass is 352 g/mol. The van der Waals surface area contributed by atoms with Gasteiger partial charge in [-0.1, -0.05) is 43.0 Å². The molecule has 0 radical (unpaired) electrons. The number of hydrogen-bond acceptors (Lipinski definition) is 4. The van der Waals surface area contributed by atoms with E-state index >= 15 is 0 Å². The Bertz CT molecular complexity index is 814. The van der Waals surface area contributed by atoms with Crippen LogP contribution < -0.4 is 10.7 Å². The Morgan fingerprint density at radius 1 is 1.16 bits per heavy atom. The van der Waals surface area contributed by atoms with Crippen molar-refractivity contribution in [1.82, 2.24) is 10.7 Å². The van der Waals surface area contributed by atoms with E-state index in [4.69, 9.17) is 0 Å². The van der Waals surface area contributed by atoms with Crippen molar-refractivity contribution in [2.24, 2.45) is 10.1 Å². The summed E-state index contributed by atoms with van der Waals surface area (Å²) in [5.41, 5.74) is 7.24. The predicted octanol–water partition coefficient (Wildman–Crippen LogP) is 2.95. The summed E-state index contributed by atoms with van der Waals surface area (Å²) in [7, 11) is 0. The SMILES string of the molecule is CCc1cccc(C#Cc2ccc(/C=N/NC3=NCCN3)cc2)c1.Cl. The lowest BCUT2D eigenvalue weighted by Gasteiger charge is -1.99. The molecule has 1 aliphatic heterocycles. The Labute approximate surface area is 154 Å². The van der Waals surface area contributed by atoms with Gasteiger partial charge in [0.2, 0.25) is 5.96 Å². The summed E-state index contributed by atoms with van der Waals surface area (Å²) in [5, 5.41) is 7.26. The van der Waals surface area contributed by atoms with Crippen LogP contribution in [-0.2, 0) is 6.42 Å². The fourth-order valence-corrected chi connectivity index (χ4v) is 2.31. The standard InChI is InChI=1S/C20H20N4.ClH/c1-2-16-4-3-5-18(14-16)9-6-17-7-10-19(11-8-17)15-23-24-20-21-12-13-22-20;/h3-5,7-8,10-11,14-15H,2,12-13H2,1H3,(H2,21,22,24);1H/b23-15+;. The molecule has 0 unspecified atom stereocenters. The van der Waals surface area contributed by atoms with Gasteiger partial charge >= 0.3 is 0 Å². The molecule has 0 saturated heterocycles. The van der Waals surface area contributed by atoms with Crippen molar-refractivity contribution in [3.8, 4) is 11.8 Å². The maximum Gasteiger partial charge on any atom is 0.212 e. The molecule has 3 rings (SSSR count). The van der Waals surface area contributed by atoms with Crippen LogP contribution in [0.4, 0.5) is 0 Å². The molecule has 1 heterocycles. The summed E-state index contributed by atoms with van der Waals surface area (Å²) in [6, 6.07) is 16.4. The molecule has 128 valence electrons. The van der Waals surface area contributed by atoms with E-state index in [9.17, 15) is 0 Å². The summed E-state index contributed by atoms with van der Waals surface area (Å²) >= 11 is 0. The van der Waals surface area contributed by atoms with E-state index in [2.05, 4.69) is 57.8 Å². The summed E-state index contributed by atoms with van der Waals surface area (Å²) in [6.07, 6.45) is 2.80.